The molecule has 2 rings (SSSR count). The lowest BCUT2D eigenvalue weighted by Crippen LogP contribution is -2.23. The quantitative estimate of drug-likeness (QED) is 0.126. The van der Waals surface area contributed by atoms with Crippen molar-refractivity contribution in [2.24, 2.45) is 0 Å². The summed E-state index contributed by atoms with van der Waals surface area (Å²) in [6.07, 6.45) is 21.4. The number of furan rings is 1. The lowest BCUT2D eigenvalue weighted by molar-refractivity contribution is 0.0920. The van der Waals surface area contributed by atoms with Gasteiger partial charge in [0.25, 0.3) is 5.91 Å². The van der Waals surface area contributed by atoms with E-state index in [0.717, 1.165) is 12.8 Å². The highest BCUT2D eigenvalue weighted by atomic mass is 16.5. The zero-order valence-electron chi connectivity index (χ0n) is 23.3. The molecule has 0 aliphatic heterocycles. The Hall–Kier alpha value is -2.56. The first-order valence-corrected chi connectivity index (χ1v) is 14.7. The number of nitrogens with one attached hydrogen (secondary N) is 1. The van der Waals surface area contributed by atoms with Gasteiger partial charge in [0.15, 0.2) is 11.5 Å². The molecule has 37 heavy (non-hydrogen) atoms. The topological polar surface area (TPSA) is 68.5 Å². The van der Waals surface area contributed by atoms with Crippen LogP contribution in [0.15, 0.2) is 40.8 Å². The van der Waals surface area contributed by atoms with Crippen molar-refractivity contribution in [1.82, 2.24) is 5.32 Å². The van der Waals surface area contributed by atoms with E-state index in [9.17, 15) is 9.59 Å². The summed E-state index contributed by atoms with van der Waals surface area (Å²) in [5.41, 5.74) is 0.647. The highest BCUT2D eigenvalue weighted by Crippen LogP contribution is 2.17. The van der Waals surface area contributed by atoms with Gasteiger partial charge in [-0.2, -0.15) is 0 Å². The Bertz CT molecular complexity index is 871. The second kappa shape index (κ2) is 19.5. The monoisotopic (exact) mass is 511 g/mol. The van der Waals surface area contributed by atoms with E-state index in [2.05, 4.69) is 12.2 Å². The molecule has 0 bridgehead atoms. The van der Waals surface area contributed by atoms with E-state index >= 15 is 0 Å². The first-order chi connectivity index (χ1) is 18.1. The zero-order chi connectivity index (χ0) is 26.6. The van der Waals surface area contributed by atoms with Crippen LogP contribution < -0.4 is 10.1 Å². The lowest BCUT2D eigenvalue weighted by atomic mass is 10.0. The summed E-state index contributed by atoms with van der Waals surface area (Å²) in [7, 11) is 0. The summed E-state index contributed by atoms with van der Waals surface area (Å²) in [6.45, 7) is 4.71. The van der Waals surface area contributed by atoms with Crippen LogP contribution in [0, 0.1) is 0 Å². The van der Waals surface area contributed by atoms with Gasteiger partial charge in [0.1, 0.15) is 18.1 Å². The molecule has 206 valence electrons. The minimum absolute atomic E-state index is 0.0211. The molecule has 0 spiro atoms. The minimum atomic E-state index is -0.182. The molecule has 5 heteroatoms. The third kappa shape index (κ3) is 14.1. The molecule has 0 saturated heterocycles. The number of hydrogen-bond donors (Lipinski definition) is 1. The molecule has 1 heterocycles. The summed E-state index contributed by atoms with van der Waals surface area (Å²) >= 11 is 0. The summed E-state index contributed by atoms with van der Waals surface area (Å²) in [6, 6.07) is 10.4. The van der Waals surface area contributed by atoms with E-state index < -0.39 is 0 Å². The fourth-order valence-corrected chi connectivity index (χ4v) is 4.48. The van der Waals surface area contributed by atoms with Crippen LogP contribution in [0.2, 0.25) is 0 Å². The third-order valence-corrected chi connectivity index (χ3v) is 6.84. The van der Waals surface area contributed by atoms with Crippen molar-refractivity contribution in [1.29, 1.82) is 0 Å². The Kier molecular flexibility index (Phi) is 16.2. The molecule has 0 radical (unpaired) electrons. The zero-order valence-corrected chi connectivity index (χ0v) is 23.3. The number of rotatable bonds is 22. The molecule has 2 aromatic rings. The highest BCUT2D eigenvalue weighted by Gasteiger charge is 2.11. The Morgan fingerprint density at radius 2 is 1.22 bits per heavy atom. The van der Waals surface area contributed by atoms with Crippen LogP contribution in [0.5, 0.6) is 5.75 Å². The standard InChI is InChI=1S/C32H49NO4/c1-3-4-5-6-7-8-9-10-11-12-13-14-15-16-17-18-25-33-32(35)31-24-23-30(37-31)26-36-29-21-19-28(20-22-29)27(2)34/h19-24H,3-18,25-26H2,1-2H3,(H,33,35). The van der Waals surface area contributed by atoms with Gasteiger partial charge < -0.3 is 14.5 Å². The number of unbranched alkanes of at least 4 members (excludes halogenated alkanes) is 15. The second-order valence-electron chi connectivity index (χ2n) is 10.2. The van der Waals surface area contributed by atoms with Crippen molar-refractivity contribution in [3.05, 3.63) is 53.5 Å². The number of benzene rings is 1. The van der Waals surface area contributed by atoms with Gasteiger partial charge in [-0.25, -0.2) is 0 Å². The van der Waals surface area contributed by atoms with Crippen molar-refractivity contribution in [3.8, 4) is 5.75 Å². The molecule has 0 aliphatic carbocycles. The summed E-state index contributed by atoms with van der Waals surface area (Å²) in [4.78, 5) is 23.7. The van der Waals surface area contributed by atoms with Crippen molar-refractivity contribution in [2.45, 2.75) is 123 Å². The Morgan fingerprint density at radius 1 is 0.703 bits per heavy atom. The van der Waals surface area contributed by atoms with Gasteiger partial charge in [-0.3, -0.25) is 9.59 Å². The van der Waals surface area contributed by atoms with Crippen molar-refractivity contribution in [3.63, 3.8) is 0 Å². The number of hydrogen-bond acceptors (Lipinski definition) is 4. The molecule has 0 unspecified atom stereocenters. The summed E-state index contributed by atoms with van der Waals surface area (Å²) in [5, 5.41) is 2.95. The summed E-state index contributed by atoms with van der Waals surface area (Å²) < 4.78 is 11.3. The first kappa shape index (κ1) is 30.7. The fourth-order valence-electron chi connectivity index (χ4n) is 4.48. The van der Waals surface area contributed by atoms with Gasteiger partial charge in [-0.1, -0.05) is 103 Å². The van der Waals surface area contributed by atoms with Gasteiger partial charge in [-0.15, -0.1) is 0 Å². The van der Waals surface area contributed by atoms with E-state index in [1.54, 1.807) is 36.4 Å². The second-order valence-corrected chi connectivity index (χ2v) is 10.2. The Morgan fingerprint density at radius 3 is 1.73 bits per heavy atom. The Labute approximate surface area is 224 Å². The number of Topliss-reactive ketones (excluding diaryl/α,β-unsaturated/α-hetero) is 1. The number of ketones is 1. The van der Waals surface area contributed by atoms with Gasteiger partial charge >= 0.3 is 0 Å². The number of carbonyl (C=O) groups is 2. The van der Waals surface area contributed by atoms with Crippen LogP contribution in [0.3, 0.4) is 0 Å². The molecule has 1 aromatic carbocycles. The average Bonchev–Trinajstić information content (AvgIpc) is 3.38. The van der Waals surface area contributed by atoms with Gasteiger partial charge in [0, 0.05) is 12.1 Å². The smallest absolute Gasteiger partial charge is 0.286 e. The maximum atomic E-state index is 12.3. The van der Waals surface area contributed by atoms with Crippen molar-refractivity contribution < 1.29 is 18.7 Å². The van der Waals surface area contributed by atoms with Crippen LogP contribution >= 0.6 is 0 Å². The molecule has 1 N–H and O–H groups in total. The number of ether oxygens (including phenoxy) is 1. The predicted molar refractivity (Wildman–Crippen MR) is 151 cm³/mol. The van der Waals surface area contributed by atoms with E-state index in [-0.39, 0.29) is 18.3 Å². The average molecular weight is 512 g/mol. The molecule has 0 atom stereocenters. The van der Waals surface area contributed by atoms with E-state index in [1.165, 1.54) is 96.8 Å². The SMILES string of the molecule is CCCCCCCCCCCCCCCCCCNC(=O)c1ccc(COc2ccc(C(C)=O)cc2)o1. The molecule has 0 fully saturated rings. The fraction of sp³-hybridized carbons (Fsp3) is 0.625. The van der Waals surface area contributed by atoms with Crippen LogP contribution in [0.1, 0.15) is 143 Å². The first-order valence-electron chi connectivity index (χ1n) is 14.7. The summed E-state index contributed by atoms with van der Waals surface area (Å²) in [5.74, 6) is 1.38. The lowest BCUT2D eigenvalue weighted by Gasteiger charge is -2.05. The third-order valence-electron chi connectivity index (χ3n) is 6.84. The maximum absolute atomic E-state index is 12.3. The molecule has 1 amide bonds. The molecule has 5 nitrogen and oxygen atoms in total. The van der Waals surface area contributed by atoms with Crippen LogP contribution in [-0.4, -0.2) is 18.2 Å². The molecule has 1 aromatic heterocycles. The van der Waals surface area contributed by atoms with E-state index in [4.69, 9.17) is 9.15 Å². The van der Waals surface area contributed by atoms with Gasteiger partial charge in [-0.05, 0) is 49.7 Å². The molecular formula is C32H49NO4. The molecular weight excluding hydrogens is 462 g/mol. The largest absolute Gasteiger partial charge is 0.486 e. The van der Waals surface area contributed by atoms with Gasteiger partial charge in [0.2, 0.25) is 0 Å². The van der Waals surface area contributed by atoms with E-state index in [0.29, 0.717) is 29.4 Å². The number of amides is 1. The van der Waals surface area contributed by atoms with Crippen LogP contribution in [-0.2, 0) is 6.61 Å². The number of carbonyl (C=O) groups excluding carboxylic acids is 2. The minimum Gasteiger partial charge on any atom is -0.486 e. The van der Waals surface area contributed by atoms with Crippen LogP contribution in [0.25, 0.3) is 0 Å². The van der Waals surface area contributed by atoms with Gasteiger partial charge in [0.05, 0.1) is 0 Å². The Balaban J connectivity index is 1.42. The van der Waals surface area contributed by atoms with E-state index in [1.807, 2.05) is 0 Å². The molecule has 0 aliphatic rings. The normalized spacial score (nSPS) is 11.0. The van der Waals surface area contributed by atoms with Crippen molar-refractivity contribution in [2.75, 3.05) is 6.54 Å². The molecule has 0 saturated carbocycles. The van der Waals surface area contributed by atoms with Crippen molar-refractivity contribution >= 4 is 11.7 Å². The predicted octanol–water partition coefficient (Wildman–Crippen LogP) is 9.05. The maximum Gasteiger partial charge on any atom is 0.286 e. The van der Waals surface area contributed by atoms with Crippen LogP contribution in [0.4, 0.5) is 0 Å². The highest BCUT2D eigenvalue weighted by molar-refractivity contribution is 5.94.